The van der Waals surface area contributed by atoms with Crippen LogP contribution in [0.3, 0.4) is 0 Å². The van der Waals surface area contributed by atoms with Crippen molar-refractivity contribution in [3.63, 3.8) is 0 Å². The van der Waals surface area contributed by atoms with Crippen molar-refractivity contribution in [3.8, 4) is 0 Å². The lowest BCUT2D eigenvalue weighted by molar-refractivity contribution is -0.697. The second-order valence-corrected chi connectivity index (χ2v) is 6.18. The van der Waals surface area contributed by atoms with Crippen LogP contribution < -0.4 is 21.5 Å². The number of hydrogen-bond acceptors (Lipinski definition) is 2. The van der Waals surface area contributed by atoms with E-state index >= 15 is 0 Å². The standard InChI is InChI=1S/C17H31N2O.BrH/c1-5-6-9-19-10-7-8-16(13-19)12-18(4)17(14-20)11-15(2)3;/h7-8,10,13,15,17,20H,5-6,9,11-12,14H2,1-4H3;1H/q+1;/p-1/t17-;/m0./s1. The molecule has 4 heteroatoms. The Morgan fingerprint density at radius 3 is 2.62 bits per heavy atom. The van der Waals surface area contributed by atoms with Gasteiger partial charge in [-0.05, 0) is 25.5 Å². The minimum Gasteiger partial charge on any atom is -1.00 e. The van der Waals surface area contributed by atoms with Crippen LogP contribution in [0.2, 0.25) is 0 Å². The smallest absolute Gasteiger partial charge is 0.173 e. The first-order chi connectivity index (χ1) is 9.56. The second kappa shape index (κ2) is 11.2. The van der Waals surface area contributed by atoms with Crippen molar-refractivity contribution in [1.82, 2.24) is 4.90 Å². The van der Waals surface area contributed by atoms with Gasteiger partial charge in [0, 0.05) is 30.6 Å². The summed E-state index contributed by atoms with van der Waals surface area (Å²) in [6.45, 7) is 8.84. The topological polar surface area (TPSA) is 27.4 Å². The van der Waals surface area contributed by atoms with E-state index in [0.717, 1.165) is 19.5 Å². The fraction of sp³-hybridized carbons (Fsp3) is 0.706. The monoisotopic (exact) mass is 358 g/mol. The molecule has 122 valence electrons. The van der Waals surface area contributed by atoms with Crippen LogP contribution in [-0.4, -0.2) is 29.7 Å². The third-order valence-electron chi connectivity index (χ3n) is 3.70. The fourth-order valence-electron chi connectivity index (χ4n) is 2.50. The third kappa shape index (κ3) is 7.93. The summed E-state index contributed by atoms with van der Waals surface area (Å²) >= 11 is 0. The summed E-state index contributed by atoms with van der Waals surface area (Å²) in [4.78, 5) is 2.26. The van der Waals surface area contributed by atoms with E-state index in [1.165, 1.54) is 18.4 Å². The summed E-state index contributed by atoms with van der Waals surface area (Å²) in [5.41, 5.74) is 1.31. The molecule has 0 saturated carbocycles. The summed E-state index contributed by atoms with van der Waals surface area (Å²) in [6.07, 6.45) is 7.84. The Bertz CT molecular complexity index is 385. The Balaban J connectivity index is 0.00000400. The predicted molar refractivity (Wildman–Crippen MR) is 83.3 cm³/mol. The highest BCUT2D eigenvalue weighted by Crippen LogP contribution is 2.12. The summed E-state index contributed by atoms with van der Waals surface area (Å²) < 4.78 is 2.27. The van der Waals surface area contributed by atoms with Gasteiger partial charge in [-0.3, -0.25) is 4.90 Å². The van der Waals surface area contributed by atoms with Crippen molar-refractivity contribution in [1.29, 1.82) is 0 Å². The van der Waals surface area contributed by atoms with E-state index in [1.54, 1.807) is 0 Å². The number of pyridine rings is 1. The maximum Gasteiger partial charge on any atom is 0.173 e. The van der Waals surface area contributed by atoms with Crippen molar-refractivity contribution in [2.24, 2.45) is 5.92 Å². The van der Waals surface area contributed by atoms with Gasteiger partial charge in [-0.2, -0.15) is 0 Å². The number of aryl methyl sites for hydroxylation is 1. The lowest BCUT2D eigenvalue weighted by Crippen LogP contribution is -3.00. The summed E-state index contributed by atoms with van der Waals surface area (Å²) in [5.74, 6) is 0.611. The number of unbranched alkanes of at least 4 members (excludes halogenated alkanes) is 1. The van der Waals surface area contributed by atoms with E-state index in [4.69, 9.17) is 0 Å². The zero-order valence-corrected chi connectivity index (χ0v) is 15.5. The van der Waals surface area contributed by atoms with Crippen LogP contribution >= 0.6 is 0 Å². The molecule has 0 fully saturated rings. The zero-order chi connectivity index (χ0) is 15.0. The Morgan fingerprint density at radius 2 is 2.05 bits per heavy atom. The van der Waals surface area contributed by atoms with Crippen LogP contribution in [0, 0.1) is 5.92 Å². The molecule has 0 aromatic carbocycles. The molecule has 0 aliphatic carbocycles. The van der Waals surface area contributed by atoms with E-state index in [1.807, 2.05) is 0 Å². The molecule has 0 unspecified atom stereocenters. The number of rotatable bonds is 9. The van der Waals surface area contributed by atoms with Crippen molar-refractivity contribution in [2.45, 2.75) is 59.2 Å². The Hall–Kier alpha value is -0.450. The van der Waals surface area contributed by atoms with Gasteiger partial charge in [0.1, 0.15) is 6.54 Å². The number of aliphatic hydroxyl groups excluding tert-OH is 1. The molecule has 0 spiro atoms. The van der Waals surface area contributed by atoms with Crippen LogP contribution in [0.4, 0.5) is 0 Å². The Labute approximate surface area is 140 Å². The average molecular weight is 359 g/mol. The molecule has 0 radical (unpaired) electrons. The van der Waals surface area contributed by atoms with Crippen molar-refractivity contribution in [2.75, 3.05) is 13.7 Å². The molecule has 0 aliphatic rings. The second-order valence-electron chi connectivity index (χ2n) is 6.18. The van der Waals surface area contributed by atoms with E-state index < -0.39 is 0 Å². The first kappa shape index (κ1) is 20.6. The van der Waals surface area contributed by atoms with Gasteiger partial charge in [0.25, 0.3) is 0 Å². The Kier molecular flexibility index (Phi) is 10.9. The fourth-order valence-corrected chi connectivity index (χ4v) is 2.50. The highest BCUT2D eigenvalue weighted by molar-refractivity contribution is 5.05. The zero-order valence-electron chi connectivity index (χ0n) is 13.9. The van der Waals surface area contributed by atoms with E-state index in [9.17, 15) is 5.11 Å². The molecular weight excluding hydrogens is 328 g/mol. The number of aromatic nitrogens is 1. The van der Waals surface area contributed by atoms with Gasteiger partial charge in [0.15, 0.2) is 12.4 Å². The molecule has 1 atom stereocenters. The first-order valence-corrected chi connectivity index (χ1v) is 7.85. The summed E-state index contributed by atoms with van der Waals surface area (Å²) in [7, 11) is 2.10. The molecule has 1 aromatic rings. The molecule has 0 amide bonds. The van der Waals surface area contributed by atoms with Gasteiger partial charge in [-0.15, -0.1) is 0 Å². The minimum atomic E-state index is 0. The number of halogens is 1. The van der Waals surface area contributed by atoms with Crippen LogP contribution in [0.15, 0.2) is 24.5 Å². The van der Waals surface area contributed by atoms with Crippen molar-refractivity contribution in [3.05, 3.63) is 30.1 Å². The molecule has 21 heavy (non-hydrogen) atoms. The van der Waals surface area contributed by atoms with Gasteiger partial charge in [0.2, 0.25) is 0 Å². The quantitative estimate of drug-likeness (QED) is 0.609. The van der Waals surface area contributed by atoms with Gasteiger partial charge < -0.3 is 22.1 Å². The maximum absolute atomic E-state index is 9.55. The van der Waals surface area contributed by atoms with Crippen molar-refractivity contribution >= 4 is 0 Å². The van der Waals surface area contributed by atoms with E-state index in [0.29, 0.717) is 5.92 Å². The summed E-state index contributed by atoms with van der Waals surface area (Å²) in [6, 6.07) is 4.54. The van der Waals surface area contributed by atoms with Crippen LogP contribution in [0.1, 0.15) is 45.6 Å². The molecule has 0 aliphatic heterocycles. The van der Waals surface area contributed by atoms with Crippen LogP contribution in [0.25, 0.3) is 0 Å². The average Bonchev–Trinajstić information content (AvgIpc) is 2.42. The van der Waals surface area contributed by atoms with Gasteiger partial charge in [-0.25, -0.2) is 4.57 Å². The normalized spacial score (nSPS) is 12.5. The van der Waals surface area contributed by atoms with Gasteiger partial charge >= 0.3 is 0 Å². The molecule has 3 nitrogen and oxygen atoms in total. The predicted octanol–water partition coefficient (Wildman–Crippen LogP) is -0.383. The maximum atomic E-state index is 9.55. The highest BCUT2D eigenvalue weighted by Gasteiger charge is 2.16. The molecule has 1 N–H and O–H groups in total. The lowest BCUT2D eigenvalue weighted by atomic mass is 10.0. The first-order valence-electron chi connectivity index (χ1n) is 7.85. The Morgan fingerprint density at radius 1 is 1.33 bits per heavy atom. The SMILES string of the molecule is CCCC[n+]1cccc(CN(C)[C@H](CO)CC(C)C)c1.[Br-]. The molecule has 1 heterocycles. The number of aliphatic hydroxyl groups is 1. The largest absolute Gasteiger partial charge is 1.00 e. The number of likely N-dealkylation sites (N-methyl/N-ethyl adjacent to an activating group) is 1. The number of nitrogens with zero attached hydrogens (tertiary/aromatic N) is 2. The van der Waals surface area contributed by atoms with Crippen LogP contribution in [0.5, 0.6) is 0 Å². The highest BCUT2D eigenvalue weighted by atomic mass is 79.9. The molecule has 1 aromatic heterocycles. The molecule has 1 rings (SSSR count). The number of hydrogen-bond donors (Lipinski definition) is 1. The van der Waals surface area contributed by atoms with Gasteiger partial charge in [-0.1, -0.05) is 27.2 Å². The molecule has 0 saturated heterocycles. The third-order valence-corrected chi connectivity index (χ3v) is 3.70. The van der Waals surface area contributed by atoms with E-state index in [2.05, 4.69) is 61.8 Å². The van der Waals surface area contributed by atoms with Crippen LogP contribution in [-0.2, 0) is 13.1 Å². The van der Waals surface area contributed by atoms with E-state index in [-0.39, 0.29) is 29.6 Å². The lowest BCUT2D eigenvalue weighted by Gasteiger charge is -2.27. The minimum absolute atomic E-state index is 0. The molecular formula is C17H31BrN2O. The van der Waals surface area contributed by atoms with Crippen molar-refractivity contribution < 1.29 is 26.7 Å². The molecule has 0 bridgehead atoms. The van der Waals surface area contributed by atoms with Gasteiger partial charge in [0.05, 0.1) is 6.61 Å². The summed E-state index contributed by atoms with van der Waals surface area (Å²) in [5, 5.41) is 9.55.